The summed E-state index contributed by atoms with van der Waals surface area (Å²) >= 11 is 0. The largest absolute Gasteiger partial charge is 0.497 e. The highest BCUT2D eigenvalue weighted by Crippen LogP contribution is 2.45. The van der Waals surface area contributed by atoms with Gasteiger partial charge in [0, 0.05) is 19.0 Å². The lowest BCUT2D eigenvalue weighted by Gasteiger charge is -2.50. The molecule has 8 nitrogen and oxygen atoms in total. The number of carbonyl (C=O) groups excluding carboxylic acids is 1. The zero-order valence-electron chi connectivity index (χ0n) is 25.5. The lowest BCUT2D eigenvalue weighted by atomic mass is 9.63. The molecule has 0 radical (unpaired) electrons. The highest BCUT2D eigenvalue weighted by atomic mass is 16.5. The standard InChI is InChI=1S/C34H51N3O5/c1-41-29-17-9-11-25(23-29)19-21-37(22-20-26-12-10-18-30(24-26)42-2)32(38)34(39,40)33(35,36)31(27-13-5-3-6-14-27)28-15-7-4-8-16-28/h9-12,17-18,23-24,27-28,31,39-40H,3-8,13-16,19-22,35-36H2,1-2H3. The number of hydrogen-bond donors (Lipinski definition) is 4. The number of rotatable bonds is 13. The average molecular weight is 582 g/mol. The second-order valence-corrected chi connectivity index (χ2v) is 12.4. The quantitative estimate of drug-likeness (QED) is 0.258. The molecule has 2 aliphatic rings. The predicted octanol–water partition coefficient (Wildman–Crippen LogP) is 4.39. The van der Waals surface area contributed by atoms with Gasteiger partial charge >= 0.3 is 0 Å². The fourth-order valence-corrected chi connectivity index (χ4v) is 7.29. The second-order valence-electron chi connectivity index (χ2n) is 12.4. The number of carbonyl (C=O) groups is 1. The lowest BCUT2D eigenvalue weighted by molar-refractivity contribution is -0.236. The first-order valence-electron chi connectivity index (χ1n) is 15.7. The molecule has 0 aromatic heterocycles. The third kappa shape index (κ3) is 7.64. The van der Waals surface area contributed by atoms with Crippen LogP contribution in [0, 0.1) is 17.8 Å². The zero-order chi connectivity index (χ0) is 30.2. The van der Waals surface area contributed by atoms with Crippen LogP contribution in [0.15, 0.2) is 48.5 Å². The smallest absolute Gasteiger partial charge is 0.286 e. The van der Waals surface area contributed by atoms with Crippen molar-refractivity contribution >= 4 is 5.91 Å². The summed E-state index contributed by atoms with van der Waals surface area (Å²) in [5.41, 5.74) is 13.6. The van der Waals surface area contributed by atoms with Crippen molar-refractivity contribution in [2.24, 2.45) is 29.2 Å². The summed E-state index contributed by atoms with van der Waals surface area (Å²) in [7, 11) is 3.23. The van der Waals surface area contributed by atoms with Gasteiger partial charge in [0.2, 0.25) is 0 Å². The molecule has 0 aliphatic heterocycles. The van der Waals surface area contributed by atoms with Crippen LogP contribution in [-0.4, -0.2) is 59.8 Å². The minimum atomic E-state index is -2.92. The molecule has 0 atom stereocenters. The van der Waals surface area contributed by atoms with Crippen molar-refractivity contribution in [3.63, 3.8) is 0 Å². The molecule has 2 aromatic rings. The maximum Gasteiger partial charge on any atom is 0.286 e. The molecule has 6 N–H and O–H groups in total. The molecule has 2 aliphatic carbocycles. The Bertz CT molecular complexity index is 1070. The highest BCUT2D eigenvalue weighted by molar-refractivity contribution is 5.85. The number of nitrogens with zero attached hydrogens (tertiary/aromatic N) is 1. The van der Waals surface area contributed by atoms with Crippen molar-refractivity contribution in [2.75, 3.05) is 27.3 Å². The third-order valence-corrected chi connectivity index (χ3v) is 9.67. The van der Waals surface area contributed by atoms with Crippen molar-refractivity contribution in [3.05, 3.63) is 59.7 Å². The highest BCUT2D eigenvalue weighted by Gasteiger charge is 2.59. The molecule has 1 amide bonds. The second kappa shape index (κ2) is 14.7. The molecule has 2 fully saturated rings. The maximum atomic E-state index is 14.2. The number of ether oxygens (including phenoxy) is 2. The van der Waals surface area contributed by atoms with E-state index in [9.17, 15) is 15.0 Å². The van der Waals surface area contributed by atoms with Crippen LogP contribution in [0.2, 0.25) is 0 Å². The molecule has 42 heavy (non-hydrogen) atoms. The summed E-state index contributed by atoms with van der Waals surface area (Å²) < 4.78 is 10.7. The van der Waals surface area contributed by atoms with Gasteiger partial charge < -0.3 is 36.1 Å². The molecule has 0 spiro atoms. The first kappa shape index (κ1) is 32.3. The van der Waals surface area contributed by atoms with Gasteiger partial charge in [-0.1, -0.05) is 88.5 Å². The van der Waals surface area contributed by atoms with Gasteiger partial charge in [-0.3, -0.25) is 4.79 Å². The molecule has 2 saturated carbocycles. The zero-order valence-corrected chi connectivity index (χ0v) is 25.5. The van der Waals surface area contributed by atoms with Gasteiger partial charge in [0.1, 0.15) is 17.2 Å². The number of hydrogen-bond acceptors (Lipinski definition) is 7. The first-order chi connectivity index (χ1) is 20.2. The van der Waals surface area contributed by atoms with E-state index in [4.69, 9.17) is 20.9 Å². The van der Waals surface area contributed by atoms with E-state index in [2.05, 4.69) is 0 Å². The number of methoxy groups -OCH3 is 2. The summed E-state index contributed by atoms with van der Waals surface area (Å²) in [6.45, 7) is 0.541. The van der Waals surface area contributed by atoms with Crippen LogP contribution < -0.4 is 20.9 Å². The van der Waals surface area contributed by atoms with Gasteiger partial charge in [-0.05, 0) is 60.1 Å². The monoisotopic (exact) mass is 581 g/mol. The summed E-state index contributed by atoms with van der Waals surface area (Å²) in [5, 5.41) is 23.5. The molecule has 0 bridgehead atoms. The van der Waals surface area contributed by atoms with E-state index in [1.807, 2.05) is 48.5 Å². The first-order valence-corrected chi connectivity index (χ1v) is 15.7. The van der Waals surface area contributed by atoms with Gasteiger partial charge in [0.25, 0.3) is 11.7 Å². The Morgan fingerprint density at radius 1 is 0.810 bits per heavy atom. The molecule has 2 aromatic carbocycles. The maximum absolute atomic E-state index is 14.2. The lowest BCUT2D eigenvalue weighted by Crippen LogP contribution is -2.77. The minimum Gasteiger partial charge on any atom is -0.497 e. The van der Waals surface area contributed by atoms with Crippen molar-refractivity contribution in [3.8, 4) is 11.5 Å². The Morgan fingerprint density at radius 2 is 1.24 bits per heavy atom. The Balaban J connectivity index is 1.60. The van der Waals surface area contributed by atoms with Gasteiger partial charge in [-0.2, -0.15) is 0 Å². The number of aliphatic hydroxyl groups is 2. The van der Waals surface area contributed by atoms with Crippen LogP contribution in [0.4, 0.5) is 0 Å². The Labute approximate surface area is 251 Å². The summed E-state index contributed by atoms with van der Waals surface area (Å²) in [6.07, 6.45) is 11.5. The van der Waals surface area contributed by atoms with E-state index in [1.165, 1.54) is 17.7 Å². The molecule has 0 saturated heterocycles. The predicted molar refractivity (Wildman–Crippen MR) is 165 cm³/mol. The van der Waals surface area contributed by atoms with E-state index in [1.54, 1.807) is 14.2 Å². The van der Waals surface area contributed by atoms with Crippen LogP contribution >= 0.6 is 0 Å². The normalized spacial score (nSPS) is 17.3. The third-order valence-electron chi connectivity index (χ3n) is 9.67. The van der Waals surface area contributed by atoms with Crippen molar-refractivity contribution in [2.45, 2.75) is 88.5 Å². The Morgan fingerprint density at radius 3 is 1.64 bits per heavy atom. The summed E-state index contributed by atoms with van der Waals surface area (Å²) in [4.78, 5) is 15.7. The summed E-state index contributed by atoms with van der Waals surface area (Å²) in [5.74, 6) is -2.31. The Kier molecular flexibility index (Phi) is 11.3. The van der Waals surface area contributed by atoms with E-state index < -0.39 is 17.4 Å². The van der Waals surface area contributed by atoms with Crippen molar-refractivity contribution in [1.82, 2.24) is 4.90 Å². The minimum absolute atomic E-state index is 0.172. The molecular formula is C34H51N3O5. The van der Waals surface area contributed by atoms with E-state index >= 15 is 0 Å². The van der Waals surface area contributed by atoms with Crippen LogP contribution in [0.25, 0.3) is 0 Å². The number of benzene rings is 2. The van der Waals surface area contributed by atoms with Crippen LogP contribution in [0.3, 0.4) is 0 Å². The van der Waals surface area contributed by atoms with E-state index in [0.29, 0.717) is 12.8 Å². The molecule has 0 unspecified atom stereocenters. The van der Waals surface area contributed by atoms with Crippen molar-refractivity contribution < 1.29 is 24.5 Å². The molecule has 0 heterocycles. The van der Waals surface area contributed by atoms with Gasteiger partial charge in [0.15, 0.2) is 0 Å². The van der Waals surface area contributed by atoms with Gasteiger partial charge in [0.05, 0.1) is 14.2 Å². The number of nitrogens with two attached hydrogens (primary N) is 2. The fraction of sp³-hybridized carbons (Fsp3) is 0.618. The molecule has 8 heteroatoms. The van der Waals surface area contributed by atoms with E-state index in [-0.39, 0.29) is 30.8 Å². The summed E-state index contributed by atoms with van der Waals surface area (Å²) in [6, 6.07) is 15.3. The van der Waals surface area contributed by atoms with E-state index in [0.717, 1.165) is 74.0 Å². The topological polar surface area (TPSA) is 131 Å². The van der Waals surface area contributed by atoms with Crippen LogP contribution in [0.5, 0.6) is 11.5 Å². The van der Waals surface area contributed by atoms with Crippen LogP contribution in [0.1, 0.15) is 75.3 Å². The van der Waals surface area contributed by atoms with Gasteiger partial charge in [-0.15, -0.1) is 0 Å². The average Bonchev–Trinajstić information content (AvgIpc) is 3.02. The van der Waals surface area contributed by atoms with Crippen molar-refractivity contribution in [1.29, 1.82) is 0 Å². The molecular weight excluding hydrogens is 530 g/mol. The van der Waals surface area contributed by atoms with Gasteiger partial charge in [-0.25, -0.2) is 0 Å². The molecule has 4 rings (SSSR count). The number of amides is 1. The van der Waals surface area contributed by atoms with Crippen LogP contribution in [-0.2, 0) is 17.6 Å². The SMILES string of the molecule is COc1cccc(CCN(CCc2cccc(OC)c2)C(=O)C(O)(O)C(N)(N)C(C2CCCCC2)C2CCCCC2)c1. The fourth-order valence-electron chi connectivity index (χ4n) is 7.29. The Hall–Kier alpha value is -2.65. The molecule has 232 valence electrons.